The van der Waals surface area contributed by atoms with Crippen molar-refractivity contribution in [3.05, 3.63) is 33.9 Å². The molecule has 0 saturated carbocycles. The molecule has 116 valence electrons. The standard InChI is InChI=1S/C14H21N3O4/c1-4-21-13-11(6-5-7-12(13)17(19)20)14(18)16-9-8-15-10(2)3/h5-7,10,15H,4,8-9H2,1-3H3,(H,16,18). The predicted molar refractivity (Wildman–Crippen MR) is 79.7 cm³/mol. The number of carbonyl (C=O) groups excluding carboxylic acids is 1. The fourth-order valence-corrected chi connectivity index (χ4v) is 1.78. The zero-order valence-electron chi connectivity index (χ0n) is 12.5. The Bertz CT molecular complexity index is 503. The highest BCUT2D eigenvalue weighted by Crippen LogP contribution is 2.30. The van der Waals surface area contributed by atoms with Crippen molar-refractivity contribution < 1.29 is 14.5 Å². The number of nitro benzene ring substituents is 1. The summed E-state index contributed by atoms with van der Waals surface area (Å²) in [5.74, 6) is -0.368. The van der Waals surface area contributed by atoms with Gasteiger partial charge in [-0.05, 0) is 13.0 Å². The third kappa shape index (κ3) is 5.03. The van der Waals surface area contributed by atoms with E-state index in [2.05, 4.69) is 10.6 Å². The number of nitro groups is 1. The first-order valence-electron chi connectivity index (χ1n) is 6.89. The van der Waals surface area contributed by atoms with Crippen molar-refractivity contribution >= 4 is 11.6 Å². The summed E-state index contributed by atoms with van der Waals surface area (Å²) in [5, 5.41) is 16.9. The SMILES string of the molecule is CCOc1c(C(=O)NCCNC(C)C)cccc1[N+](=O)[O-]. The first-order chi connectivity index (χ1) is 9.97. The van der Waals surface area contributed by atoms with Gasteiger partial charge in [0.15, 0.2) is 0 Å². The highest BCUT2D eigenvalue weighted by molar-refractivity contribution is 5.98. The third-order valence-corrected chi connectivity index (χ3v) is 2.69. The number of ether oxygens (including phenoxy) is 1. The fraction of sp³-hybridized carbons (Fsp3) is 0.500. The molecule has 0 aliphatic carbocycles. The van der Waals surface area contributed by atoms with Gasteiger partial charge in [0.1, 0.15) is 0 Å². The molecule has 1 aromatic carbocycles. The van der Waals surface area contributed by atoms with E-state index in [0.717, 1.165) is 0 Å². The van der Waals surface area contributed by atoms with Crippen LogP contribution < -0.4 is 15.4 Å². The van der Waals surface area contributed by atoms with E-state index in [-0.39, 0.29) is 29.5 Å². The minimum absolute atomic E-state index is 0.0133. The number of hydrogen-bond donors (Lipinski definition) is 2. The van der Waals surface area contributed by atoms with Crippen LogP contribution >= 0.6 is 0 Å². The molecule has 7 nitrogen and oxygen atoms in total. The van der Waals surface area contributed by atoms with Gasteiger partial charge in [-0.1, -0.05) is 19.9 Å². The number of benzene rings is 1. The second-order valence-electron chi connectivity index (χ2n) is 4.71. The van der Waals surface area contributed by atoms with Gasteiger partial charge in [-0.3, -0.25) is 14.9 Å². The lowest BCUT2D eigenvalue weighted by molar-refractivity contribution is -0.385. The van der Waals surface area contributed by atoms with E-state index in [1.165, 1.54) is 18.2 Å². The molecule has 1 amide bonds. The van der Waals surface area contributed by atoms with Crippen LogP contribution in [0.3, 0.4) is 0 Å². The van der Waals surface area contributed by atoms with Crippen LogP contribution in [0.25, 0.3) is 0 Å². The smallest absolute Gasteiger partial charge is 0.311 e. The topological polar surface area (TPSA) is 93.5 Å². The van der Waals surface area contributed by atoms with Crippen LogP contribution in [0.5, 0.6) is 5.75 Å². The molecule has 1 rings (SSSR count). The van der Waals surface area contributed by atoms with Crippen molar-refractivity contribution in [1.29, 1.82) is 0 Å². The molecule has 0 heterocycles. The molecule has 0 spiro atoms. The van der Waals surface area contributed by atoms with Gasteiger partial charge in [0.25, 0.3) is 5.91 Å². The third-order valence-electron chi connectivity index (χ3n) is 2.69. The second-order valence-corrected chi connectivity index (χ2v) is 4.71. The molecule has 7 heteroatoms. The van der Waals surface area contributed by atoms with E-state index in [1.54, 1.807) is 6.92 Å². The lowest BCUT2D eigenvalue weighted by Crippen LogP contribution is -2.34. The molecule has 0 bridgehead atoms. The van der Waals surface area contributed by atoms with Gasteiger partial charge in [0, 0.05) is 25.2 Å². The van der Waals surface area contributed by atoms with Crippen molar-refractivity contribution in [3.63, 3.8) is 0 Å². The van der Waals surface area contributed by atoms with Gasteiger partial charge in [0.2, 0.25) is 5.75 Å². The van der Waals surface area contributed by atoms with Gasteiger partial charge in [-0.2, -0.15) is 0 Å². The molecule has 0 atom stereocenters. The molecule has 1 aromatic rings. The van der Waals surface area contributed by atoms with Gasteiger partial charge >= 0.3 is 5.69 Å². The summed E-state index contributed by atoms with van der Waals surface area (Å²) in [6.07, 6.45) is 0. The molecular weight excluding hydrogens is 274 g/mol. The van der Waals surface area contributed by atoms with Crippen molar-refractivity contribution in [3.8, 4) is 5.75 Å². The molecule has 21 heavy (non-hydrogen) atoms. The highest BCUT2D eigenvalue weighted by Gasteiger charge is 2.22. The zero-order valence-corrected chi connectivity index (χ0v) is 12.5. The Morgan fingerprint density at radius 1 is 1.38 bits per heavy atom. The second kappa shape index (κ2) is 8.21. The Morgan fingerprint density at radius 3 is 2.67 bits per heavy atom. The van der Waals surface area contributed by atoms with E-state index >= 15 is 0 Å². The van der Waals surface area contributed by atoms with Crippen molar-refractivity contribution in [1.82, 2.24) is 10.6 Å². The summed E-state index contributed by atoms with van der Waals surface area (Å²) in [6, 6.07) is 4.64. The van der Waals surface area contributed by atoms with Crippen LogP contribution in [0.15, 0.2) is 18.2 Å². The highest BCUT2D eigenvalue weighted by atomic mass is 16.6. The summed E-state index contributed by atoms with van der Waals surface area (Å²) in [5.41, 5.74) is -0.0274. The van der Waals surface area contributed by atoms with Crippen LogP contribution in [-0.2, 0) is 0 Å². The number of nitrogens with one attached hydrogen (secondary N) is 2. The Morgan fingerprint density at radius 2 is 2.10 bits per heavy atom. The number of hydrogen-bond acceptors (Lipinski definition) is 5. The number of para-hydroxylation sites is 1. The van der Waals surface area contributed by atoms with E-state index in [4.69, 9.17) is 4.74 Å². The van der Waals surface area contributed by atoms with Gasteiger partial charge in [0.05, 0.1) is 17.1 Å². The summed E-state index contributed by atoms with van der Waals surface area (Å²) in [7, 11) is 0. The number of carbonyl (C=O) groups is 1. The van der Waals surface area contributed by atoms with E-state index in [9.17, 15) is 14.9 Å². The van der Waals surface area contributed by atoms with Crippen molar-refractivity contribution in [2.75, 3.05) is 19.7 Å². The molecule has 0 unspecified atom stereocenters. The maximum atomic E-state index is 12.1. The average Bonchev–Trinajstić information content (AvgIpc) is 2.43. The average molecular weight is 295 g/mol. The van der Waals surface area contributed by atoms with E-state index < -0.39 is 4.92 Å². The van der Waals surface area contributed by atoms with Gasteiger partial charge < -0.3 is 15.4 Å². The minimum Gasteiger partial charge on any atom is -0.487 e. The molecule has 0 aliphatic heterocycles. The van der Waals surface area contributed by atoms with Crippen molar-refractivity contribution in [2.45, 2.75) is 26.8 Å². The molecule has 0 fully saturated rings. The normalized spacial score (nSPS) is 10.5. The lowest BCUT2D eigenvalue weighted by atomic mass is 10.1. The molecule has 2 N–H and O–H groups in total. The number of rotatable bonds is 8. The Hall–Kier alpha value is -2.15. The van der Waals surface area contributed by atoms with Crippen LogP contribution in [0.4, 0.5) is 5.69 Å². The van der Waals surface area contributed by atoms with Crippen LogP contribution in [0, 0.1) is 10.1 Å². The Balaban J connectivity index is 2.83. The first-order valence-corrected chi connectivity index (χ1v) is 6.89. The summed E-state index contributed by atoms with van der Waals surface area (Å²) in [4.78, 5) is 22.6. The maximum absolute atomic E-state index is 12.1. The summed E-state index contributed by atoms with van der Waals surface area (Å²) < 4.78 is 5.28. The predicted octanol–water partition coefficient (Wildman–Crippen LogP) is 1.72. The monoisotopic (exact) mass is 295 g/mol. The quantitative estimate of drug-likeness (QED) is 0.433. The van der Waals surface area contributed by atoms with Crippen LogP contribution in [0.2, 0.25) is 0 Å². The molecule has 0 saturated heterocycles. The largest absolute Gasteiger partial charge is 0.487 e. The van der Waals surface area contributed by atoms with Crippen LogP contribution in [-0.4, -0.2) is 36.6 Å². The van der Waals surface area contributed by atoms with E-state index in [0.29, 0.717) is 19.1 Å². The molecule has 0 aromatic heterocycles. The number of amides is 1. The molecule has 0 aliphatic rings. The Kier molecular flexibility index (Phi) is 6.61. The van der Waals surface area contributed by atoms with E-state index in [1.807, 2.05) is 13.8 Å². The number of nitrogens with zero attached hydrogens (tertiary/aromatic N) is 1. The molecule has 0 radical (unpaired) electrons. The summed E-state index contributed by atoms with van der Waals surface area (Å²) >= 11 is 0. The Labute approximate surface area is 123 Å². The van der Waals surface area contributed by atoms with Crippen LogP contribution in [0.1, 0.15) is 31.1 Å². The molecular formula is C14H21N3O4. The minimum atomic E-state index is -0.553. The lowest BCUT2D eigenvalue weighted by Gasteiger charge is -2.12. The van der Waals surface area contributed by atoms with Gasteiger partial charge in [-0.15, -0.1) is 0 Å². The van der Waals surface area contributed by atoms with Crippen molar-refractivity contribution in [2.24, 2.45) is 0 Å². The van der Waals surface area contributed by atoms with Gasteiger partial charge in [-0.25, -0.2) is 0 Å². The summed E-state index contributed by atoms with van der Waals surface area (Å²) in [6.45, 7) is 7.05. The fourth-order valence-electron chi connectivity index (χ4n) is 1.78. The zero-order chi connectivity index (χ0) is 15.8. The maximum Gasteiger partial charge on any atom is 0.311 e. The first kappa shape index (κ1) is 16.9.